The predicted molar refractivity (Wildman–Crippen MR) is 167 cm³/mol. The van der Waals surface area contributed by atoms with Crippen LogP contribution >= 0.6 is 0 Å². The minimum Gasteiger partial charge on any atom is -0.493 e. The van der Waals surface area contributed by atoms with Crippen LogP contribution in [0.3, 0.4) is 0 Å². The van der Waals surface area contributed by atoms with Crippen molar-refractivity contribution in [3.05, 3.63) is 83.9 Å². The first-order chi connectivity index (χ1) is 20.6. The van der Waals surface area contributed by atoms with Crippen LogP contribution in [-0.4, -0.2) is 58.0 Å². The number of sulfonamides is 1. The van der Waals surface area contributed by atoms with Crippen molar-refractivity contribution < 1.29 is 27.5 Å². The normalized spacial score (nSPS) is 14.4. The Hall–Kier alpha value is -4.05. The van der Waals surface area contributed by atoms with Gasteiger partial charge < -0.3 is 19.7 Å². The number of carbonyl (C=O) groups is 2. The third-order valence-corrected chi connectivity index (χ3v) is 9.65. The second kappa shape index (κ2) is 14.4. The van der Waals surface area contributed by atoms with Crippen LogP contribution in [0, 0.1) is 6.92 Å². The van der Waals surface area contributed by atoms with Gasteiger partial charge in [-0.3, -0.25) is 13.9 Å². The molecule has 0 aliphatic heterocycles. The van der Waals surface area contributed by atoms with Crippen LogP contribution in [0.15, 0.2) is 77.7 Å². The molecule has 1 N–H and O–H groups in total. The molecule has 3 aromatic carbocycles. The van der Waals surface area contributed by atoms with Gasteiger partial charge in [0.15, 0.2) is 11.5 Å². The Kier molecular flexibility index (Phi) is 10.7. The summed E-state index contributed by atoms with van der Waals surface area (Å²) in [7, 11) is -1.24. The van der Waals surface area contributed by atoms with Gasteiger partial charge in [-0.2, -0.15) is 0 Å². The van der Waals surface area contributed by atoms with Crippen LogP contribution in [0.2, 0.25) is 0 Å². The third kappa shape index (κ3) is 7.87. The van der Waals surface area contributed by atoms with Crippen molar-refractivity contribution in [1.29, 1.82) is 0 Å². The van der Waals surface area contributed by atoms with Crippen molar-refractivity contribution >= 4 is 27.5 Å². The largest absolute Gasteiger partial charge is 0.493 e. The van der Waals surface area contributed by atoms with E-state index in [1.807, 2.05) is 31.2 Å². The molecule has 0 bridgehead atoms. The van der Waals surface area contributed by atoms with E-state index in [4.69, 9.17) is 9.47 Å². The molecule has 0 unspecified atom stereocenters. The molecule has 230 valence electrons. The van der Waals surface area contributed by atoms with Crippen molar-refractivity contribution in [3.63, 3.8) is 0 Å². The molecule has 1 saturated carbocycles. The molecule has 1 aliphatic carbocycles. The number of benzene rings is 3. The molecule has 9 nitrogen and oxygen atoms in total. The lowest BCUT2D eigenvalue weighted by Gasteiger charge is -2.33. The number of rotatable bonds is 12. The zero-order valence-corrected chi connectivity index (χ0v) is 26.1. The summed E-state index contributed by atoms with van der Waals surface area (Å²) >= 11 is 0. The monoisotopic (exact) mass is 607 g/mol. The summed E-state index contributed by atoms with van der Waals surface area (Å²) in [6.45, 7) is 3.28. The maximum Gasteiger partial charge on any atom is 0.264 e. The summed E-state index contributed by atoms with van der Waals surface area (Å²) in [5.74, 6) is -0.0294. The number of anilines is 1. The van der Waals surface area contributed by atoms with E-state index < -0.39 is 28.5 Å². The molecule has 4 rings (SSSR count). The number of ether oxygens (including phenoxy) is 2. The summed E-state index contributed by atoms with van der Waals surface area (Å²) in [4.78, 5) is 29.1. The van der Waals surface area contributed by atoms with Gasteiger partial charge in [-0.25, -0.2) is 8.42 Å². The molecular formula is C33H41N3O6S. The van der Waals surface area contributed by atoms with E-state index in [0.29, 0.717) is 11.5 Å². The molecule has 1 atom stereocenters. The number of hydrogen-bond donors (Lipinski definition) is 1. The molecule has 0 aromatic heterocycles. The van der Waals surface area contributed by atoms with Crippen molar-refractivity contribution in [2.75, 3.05) is 25.1 Å². The van der Waals surface area contributed by atoms with E-state index in [2.05, 4.69) is 5.32 Å². The minimum absolute atomic E-state index is 0.0331. The maximum atomic E-state index is 14.2. The highest BCUT2D eigenvalue weighted by atomic mass is 32.2. The van der Waals surface area contributed by atoms with Gasteiger partial charge in [-0.1, -0.05) is 67.3 Å². The third-order valence-electron chi connectivity index (χ3n) is 7.86. The van der Waals surface area contributed by atoms with Gasteiger partial charge in [0, 0.05) is 18.7 Å². The second-order valence-corrected chi connectivity index (χ2v) is 12.8. The number of methoxy groups -OCH3 is 2. The highest BCUT2D eigenvalue weighted by molar-refractivity contribution is 7.92. The lowest BCUT2D eigenvalue weighted by Crippen LogP contribution is -2.53. The van der Waals surface area contributed by atoms with Gasteiger partial charge in [0.1, 0.15) is 12.6 Å². The number of hydrogen-bond acceptors (Lipinski definition) is 6. The zero-order valence-electron chi connectivity index (χ0n) is 25.3. The zero-order chi connectivity index (χ0) is 31.0. The van der Waals surface area contributed by atoms with Gasteiger partial charge in [-0.05, 0) is 56.5 Å². The quantitative estimate of drug-likeness (QED) is 0.308. The van der Waals surface area contributed by atoms with E-state index in [0.717, 1.165) is 47.5 Å². The van der Waals surface area contributed by atoms with E-state index in [-0.39, 0.29) is 29.1 Å². The lowest BCUT2D eigenvalue weighted by atomic mass is 9.95. The Morgan fingerprint density at radius 3 is 2.19 bits per heavy atom. The van der Waals surface area contributed by atoms with Crippen LogP contribution in [0.5, 0.6) is 11.5 Å². The van der Waals surface area contributed by atoms with Crippen LogP contribution in [0.25, 0.3) is 0 Å². The summed E-state index contributed by atoms with van der Waals surface area (Å²) in [5.41, 5.74) is 2.13. The van der Waals surface area contributed by atoms with E-state index in [1.165, 1.54) is 37.3 Å². The standard InChI is InChI=1S/C33H41N3O6S/c1-24-15-17-26(18-16-24)22-35(25(2)33(38)34-27-11-7-5-8-12-27)32(37)23-36(43(39,40)29-13-9-6-10-14-29)28-19-20-30(41-3)31(21-28)42-4/h6,9-10,13-21,25,27H,5,7-8,11-12,22-23H2,1-4H3,(H,34,38)/t25-/m1/s1. The predicted octanol–water partition coefficient (Wildman–Crippen LogP) is 5.07. The molecule has 0 radical (unpaired) electrons. The van der Waals surface area contributed by atoms with E-state index in [9.17, 15) is 18.0 Å². The SMILES string of the molecule is COc1ccc(N(CC(=O)N(Cc2ccc(C)cc2)[C@H](C)C(=O)NC2CCCCC2)S(=O)(=O)c2ccccc2)cc1OC. The van der Waals surface area contributed by atoms with Gasteiger partial charge >= 0.3 is 0 Å². The Balaban J connectivity index is 1.70. The fourth-order valence-electron chi connectivity index (χ4n) is 5.27. The highest BCUT2D eigenvalue weighted by Gasteiger charge is 2.33. The maximum absolute atomic E-state index is 14.2. The average Bonchev–Trinajstić information content (AvgIpc) is 3.03. The average molecular weight is 608 g/mol. The summed E-state index contributed by atoms with van der Waals surface area (Å²) in [6, 6.07) is 19.6. The Labute approximate surface area is 254 Å². The first-order valence-corrected chi connectivity index (χ1v) is 16.0. The highest BCUT2D eigenvalue weighted by Crippen LogP contribution is 2.34. The number of amides is 2. The minimum atomic E-state index is -4.19. The fourth-order valence-corrected chi connectivity index (χ4v) is 6.70. The van der Waals surface area contributed by atoms with Crippen molar-refractivity contribution in [3.8, 4) is 11.5 Å². The van der Waals surface area contributed by atoms with Crippen LogP contribution in [0.4, 0.5) is 5.69 Å². The lowest BCUT2D eigenvalue weighted by molar-refractivity contribution is -0.139. The molecule has 0 heterocycles. The first-order valence-electron chi connectivity index (χ1n) is 14.6. The van der Waals surface area contributed by atoms with Gasteiger partial charge in [-0.15, -0.1) is 0 Å². The van der Waals surface area contributed by atoms with E-state index >= 15 is 0 Å². The molecule has 3 aromatic rings. The molecular weight excluding hydrogens is 566 g/mol. The number of carbonyl (C=O) groups excluding carboxylic acids is 2. The fraction of sp³-hybridized carbons (Fsp3) is 0.394. The Bertz CT molecular complexity index is 1490. The molecule has 43 heavy (non-hydrogen) atoms. The molecule has 10 heteroatoms. The summed E-state index contributed by atoms with van der Waals surface area (Å²) < 4.78 is 39.9. The number of nitrogens with zero attached hydrogens (tertiary/aromatic N) is 2. The topological polar surface area (TPSA) is 105 Å². The van der Waals surface area contributed by atoms with Gasteiger partial charge in [0.25, 0.3) is 10.0 Å². The molecule has 0 saturated heterocycles. The second-order valence-electron chi connectivity index (χ2n) is 10.9. The molecule has 1 fully saturated rings. The molecule has 0 spiro atoms. The van der Waals surface area contributed by atoms with Crippen molar-refractivity contribution in [2.24, 2.45) is 0 Å². The first kappa shape index (κ1) is 31.9. The molecule has 1 aliphatic rings. The summed E-state index contributed by atoms with van der Waals surface area (Å²) in [5, 5.41) is 3.12. The van der Waals surface area contributed by atoms with Crippen molar-refractivity contribution in [2.45, 2.75) is 69.5 Å². The Morgan fingerprint density at radius 1 is 0.907 bits per heavy atom. The van der Waals surface area contributed by atoms with Crippen LogP contribution < -0.4 is 19.1 Å². The van der Waals surface area contributed by atoms with Crippen LogP contribution in [-0.2, 0) is 26.2 Å². The molecule has 2 amide bonds. The Morgan fingerprint density at radius 2 is 1.56 bits per heavy atom. The smallest absolute Gasteiger partial charge is 0.264 e. The van der Waals surface area contributed by atoms with Crippen LogP contribution in [0.1, 0.15) is 50.2 Å². The number of nitrogens with one attached hydrogen (secondary N) is 1. The van der Waals surface area contributed by atoms with Gasteiger partial charge in [0.05, 0.1) is 24.8 Å². The van der Waals surface area contributed by atoms with Crippen molar-refractivity contribution in [1.82, 2.24) is 10.2 Å². The van der Waals surface area contributed by atoms with E-state index in [1.54, 1.807) is 37.3 Å². The van der Waals surface area contributed by atoms with Gasteiger partial charge in [0.2, 0.25) is 11.8 Å². The number of aryl methyl sites for hydroxylation is 1. The summed E-state index contributed by atoms with van der Waals surface area (Å²) in [6.07, 6.45) is 5.09.